The van der Waals surface area contributed by atoms with Gasteiger partial charge in [0.1, 0.15) is 17.4 Å². The lowest BCUT2D eigenvalue weighted by atomic mass is 9.84. The Morgan fingerprint density at radius 1 is 1.31 bits per heavy atom. The molecule has 2 aliphatic rings. The van der Waals surface area contributed by atoms with Crippen molar-refractivity contribution in [3.05, 3.63) is 72.9 Å². The van der Waals surface area contributed by atoms with Crippen molar-refractivity contribution in [1.82, 2.24) is 4.57 Å². The van der Waals surface area contributed by atoms with Gasteiger partial charge in [-0.05, 0) is 37.5 Å². The van der Waals surface area contributed by atoms with Gasteiger partial charge in [0.25, 0.3) is 5.56 Å². The van der Waals surface area contributed by atoms with E-state index in [4.69, 9.17) is 38.4 Å². The molecule has 1 aromatic carbocycles. The summed E-state index contributed by atoms with van der Waals surface area (Å²) in [6, 6.07) is 8.89. The largest absolute Gasteiger partial charge is 0.440 e. The molecule has 4 rings (SSSR count). The molecule has 1 fully saturated rings. The minimum Gasteiger partial charge on any atom is -0.440 e. The number of aryl methyl sites for hydroxylation is 1. The number of ether oxygens (including phenoxy) is 2. The molecule has 0 radical (unpaired) electrons. The second kappa shape index (κ2) is 7.75. The molecule has 6 nitrogen and oxygen atoms in total. The standard InChI is InChI=1S/C21H19Cl2N3O3/c1-11-7-17-19(21(27)26(11)10-13-3-2-6-28-13)18(14(9-24)20(25)29-17)12-4-5-15(22)16(23)8-12/h4-5,7-8,13,18H,2-3,6,10,25H2,1H3/t13-,18-/m0/s1. The average Bonchev–Trinajstić information content (AvgIpc) is 3.19. The third-order valence-corrected chi connectivity index (χ3v) is 6.12. The van der Waals surface area contributed by atoms with Gasteiger partial charge in [-0.25, -0.2) is 0 Å². The molecule has 0 saturated carbocycles. The molecule has 3 heterocycles. The van der Waals surface area contributed by atoms with Crippen LogP contribution >= 0.6 is 23.2 Å². The van der Waals surface area contributed by atoms with Gasteiger partial charge in [0.05, 0.1) is 34.2 Å². The zero-order valence-electron chi connectivity index (χ0n) is 15.7. The van der Waals surface area contributed by atoms with Gasteiger partial charge in [-0.1, -0.05) is 29.3 Å². The van der Waals surface area contributed by atoms with Crippen LogP contribution in [-0.4, -0.2) is 17.3 Å². The van der Waals surface area contributed by atoms with Gasteiger partial charge in [-0.2, -0.15) is 5.26 Å². The van der Waals surface area contributed by atoms with Crippen LogP contribution in [0, 0.1) is 18.3 Å². The summed E-state index contributed by atoms with van der Waals surface area (Å²) in [4.78, 5) is 13.5. The number of benzene rings is 1. The van der Waals surface area contributed by atoms with Crippen LogP contribution in [0.3, 0.4) is 0 Å². The molecular weight excluding hydrogens is 413 g/mol. The number of aromatic nitrogens is 1. The summed E-state index contributed by atoms with van der Waals surface area (Å²) in [7, 11) is 0. The Hall–Kier alpha value is -2.46. The molecule has 150 valence electrons. The fourth-order valence-electron chi connectivity index (χ4n) is 3.93. The maximum absolute atomic E-state index is 13.5. The van der Waals surface area contributed by atoms with Gasteiger partial charge in [0.15, 0.2) is 0 Å². The van der Waals surface area contributed by atoms with Crippen molar-refractivity contribution in [1.29, 1.82) is 5.26 Å². The molecule has 1 saturated heterocycles. The van der Waals surface area contributed by atoms with E-state index in [1.165, 1.54) is 0 Å². The van der Waals surface area contributed by atoms with Crippen LogP contribution in [0.2, 0.25) is 10.0 Å². The Labute approximate surface area is 178 Å². The number of nitrogens with zero attached hydrogens (tertiary/aromatic N) is 2. The first-order valence-corrected chi connectivity index (χ1v) is 10.0. The first kappa shape index (κ1) is 19.8. The Morgan fingerprint density at radius 2 is 2.10 bits per heavy atom. The lowest BCUT2D eigenvalue weighted by Gasteiger charge is -2.28. The van der Waals surface area contributed by atoms with E-state index >= 15 is 0 Å². The number of fused-ring (bicyclic) bond motifs is 1. The van der Waals surface area contributed by atoms with Crippen LogP contribution in [0.1, 0.15) is 35.6 Å². The van der Waals surface area contributed by atoms with Crippen LogP contribution in [-0.2, 0) is 11.3 Å². The fourth-order valence-corrected chi connectivity index (χ4v) is 4.24. The molecule has 2 N–H and O–H groups in total. The van der Waals surface area contributed by atoms with E-state index in [0.29, 0.717) is 40.1 Å². The number of halogens is 2. The third-order valence-electron chi connectivity index (χ3n) is 5.38. The number of nitrogens with two attached hydrogens (primary N) is 1. The van der Waals surface area contributed by atoms with E-state index in [9.17, 15) is 10.1 Å². The highest BCUT2D eigenvalue weighted by Crippen LogP contribution is 2.41. The van der Waals surface area contributed by atoms with Crippen LogP contribution < -0.4 is 16.0 Å². The van der Waals surface area contributed by atoms with Gasteiger partial charge in [-0.15, -0.1) is 0 Å². The van der Waals surface area contributed by atoms with E-state index < -0.39 is 5.92 Å². The number of allylic oxidation sites excluding steroid dienone is 1. The Balaban J connectivity index is 1.90. The molecule has 8 heteroatoms. The smallest absolute Gasteiger partial charge is 0.258 e. The summed E-state index contributed by atoms with van der Waals surface area (Å²) in [6.45, 7) is 3.00. The Morgan fingerprint density at radius 3 is 2.76 bits per heavy atom. The van der Waals surface area contributed by atoms with Gasteiger partial charge in [0, 0.05) is 18.4 Å². The van der Waals surface area contributed by atoms with Gasteiger partial charge >= 0.3 is 0 Å². The SMILES string of the molecule is Cc1cc2c(c(=O)n1C[C@@H]1CCCO1)[C@@H](c1ccc(Cl)c(Cl)c1)C(C#N)=C(N)O2. The first-order valence-electron chi connectivity index (χ1n) is 9.29. The van der Waals surface area contributed by atoms with Gasteiger partial charge in [0.2, 0.25) is 5.88 Å². The van der Waals surface area contributed by atoms with E-state index in [0.717, 1.165) is 18.5 Å². The maximum atomic E-state index is 13.5. The number of hydrogen-bond donors (Lipinski definition) is 1. The van der Waals surface area contributed by atoms with Crippen molar-refractivity contribution in [3.63, 3.8) is 0 Å². The number of rotatable bonds is 3. The summed E-state index contributed by atoms with van der Waals surface area (Å²) in [5, 5.41) is 10.5. The highest BCUT2D eigenvalue weighted by Gasteiger charge is 2.35. The lowest BCUT2D eigenvalue weighted by molar-refractivity contribution is 0.0955. The molecule has 1 aromatic heterocycles. The molecule has 2 aromatic rings. The van der Waals surface area contributed by atoms with E-state index in [1.54, 1.807) is 28.8 Å². The molecule has 0 bridgehead atoms. The van der Waals surface area contributed by atoms with E-state index in [2.05, 4.69) is 6.07 Å². The molecule has 0 amide bonds. The average molecular weight is 432 g/mol. The molecule has 2 aliphatic heterocycles. The van der Waals surface area contributed by atoms with Gasteiger partial charge < -0.3 is 19.8 Å². The van der Waals surface area contributed by atoms with Crippen molar-refractivity contribution in [3.8, 4) is 11.8 Å². The Bertz CT molecular complexity index is 1110. The quantitative estimate of drug-likeness (QED) is 0.796. The minimum absolute atomic E-state index is 0.00608. The molecular formula is C21H19Cl2N3O3. The molecule has 29 heavy (non-hydrogen) atoms. The normalized spacial score (nSPS) is 20.9. The first-order chi connectivity index (χ1) is 13.9. The summed E-state index contributed by atoms with van der Waals surface area (Å²) in [5.41, 5.74) is 7.70. The van der Waals surface area contributed by atoms with Crippen molar-refractivity contribution in [2.24, 2.45) is 5.73 Å². The van der Waals surface area contributed by atoms with E-state index in [1.807, 2.05) is 6.92 Å². The summed E-state index contributed by atoms with van der Waals surface area (Å²) in [5.74, 6) is -0.363. The number of nitriles is 1. The summed E-state index contributed by atoms with van der Waals surface area (Å²) >= 11 is 12.3. The van der Waals surface area contributed by atoms with Crippen molar-refractivity contribution >= 4 is 23.2 Å². The zero-order chi connectivity index (χ0) is 20.7. The van der Waals surface area contributed by atoms with E-state index in [-0.39, 0.29) is 23.1 Å². The number of pyridine rings is 1. The topological polar surface area (TPSA) is 90.3 Å². The highest BCUT2D eigenvalue weighted by molar-refractivity contribution is 6.42. The summed E-state index contributed by atoms with van der Waals surface area (Å²) in [6.07, 6.45) is 1.89. The van der Waals surface area contributed by atoms with Crippen LogP contribution in [0.15, 0.2) is 40.5 Å². The molecule has 2 atom stereocenters. The highest BCUT2D eigenvalue weighted by atomic mass is 35.5. The second-order valence-corrected chi connectivity index (χ2v) is 8.03. The van der Waals surface area contributed by atoms with Crippen LogP contribution in [0.5, 0.6) is 5.75 Å². The van der Waals surface area contributed by atoms with Gasteiger partial charge in [-0.3, -0.25) is 4.79 Å². The summed E-state index contributed by atoms with van der Waals surface area (Å²) < 4.78 is 13.0. The zero-order valence-corrected chi connectivity index (χ0v) is 17.3. The molecule has 0 spiro atoms. The minimum atomic E-state index is -0.692. The fraction of sp³-hybridized carbons (Fsp3) is 0.333. The maximum Gasteiger partial charge on any atom is 0.258 e. The molecule has 0 unspecified atom stereocenters. The lowest BCUT2D eigenvalue weighted by Crippen LogP contribution is -2.35. The third kappa shape index (κ3) is 3.51. The van der Waals surface area contributed by atoms with Crippen LogP contribution in [0.4, 0.5) is 0 Å². The van der Waals surface area contributed by atoms with Crippen molar-refractivity contribution in [2.45, 2.75) is 38.3 Å². The van der Waals surface area contributed by atoms with Crippen LogP contribution in [0.25, 0.3) is 0 Å². The predicted molar refractivity (Wildman–Crippen MR) is 110 cm³/mol. The Kier molecular flexibility index (Phi) is 5.30. The second-order valence-electron chi connectivity index (χ2n) is 7.21. The van der Waals surface area contributed by atoms with Crippen molar-refractivity contribution < 1.29 is 9.47 Å². The number of hydrogen-bond acceptors (Lipinski definition) is 5. The molecule has 0 aliphatic carbocycles. The van der Waals surface area contributed by atoms with Crippen molar-refractivity contribution in [2.75, 3.05) is 6.61 Å². The predicted octanol–water partition coefficient (Wildman–Crippen LogP) is 3.86. The monoisotopic (exact) mass is 431 g/mol.